The molecule has 2 aromatic rings. The molecule has 13 nitrogen and oxygen atoms in total. The molecule has 0 saturated carbocycles. The Morgan fingerprint density at radius 3 is 2.48 bits per heavy atom. The molecule has 1 heterocycles. The average molecular weight is 574 g/mol. The normalized spacial score (nSPS) is 15.2. The fraction of sp³-hybridized carbons (Fsp3) is 0.423. The maximum atomic E-state index is 13.2. The predicted molar refractivity (Wildman–Crippen MR) is 147 cm³/mol. The summed E-state index contributed by atoms with van der Waals surface area (Å²) in [4.78, 5) is 19.4. The second-order valence-electron chi connectivity index (χ2n) is 8.89. The number of para-hydroxylation sites is 1. The highest BCUT2D eigenvalue weighted by Crippen LogP contribution is 2.23. The van der Waals surface area contributed by atoms with Crippen LogP contribution in [0.2, 0.25) is 0 Å². The third-order valence-corrected chi connectivity index (χ3v) is 7.50. The summed E-state index contributed by atoms with van der Waals surface area (Å²) in [5.74, 6) is -0.357. The van der Waals surface area contributed by atoms with Crippen LogP contribution in [0, 0.1) is 11.5 Å². The minimum absolute atomic E-state index is 0.0646. The molecule has 0 spiro atoms. The molecule has 1 amide bonds. The number of nitrogens with two attached hydrogens (primary N) is 1. The molecule has 3 rings (SSSR count). The SMILES string of the molecule is N#CNC(=NCCN1CCOCC1)N(O)C(=O)[C@@H](CCCCN)NS(=O)(=O)c1ccc(Oc2ccccc2)cc1. The van der Waals surface area contributed by atoms with Crippen molar-refractivity contribution in [3.63, 3.8) is 0 Å². The summed E-state index contributed by atoms with van der Waals surface area (Å²) in [5.41, 5.74) is 5.57. The first-order valence-corrected chi connectivity index (χ1v) is 14.4. The minimum Gasteiger partial charge on any atom is -0.457 e. The van der Waals surface area contributed by atoms with Crippen LogP contribution in [0.1, 0.15) is 19.3 Å². The van der Waals surface area contributed by atoms with Crippen LogP contribution in [-0.2, 0) is 19.6 Å². The molecule has 0 radical (unpaired) electrons. The third-order valence-electron chi connectivity index (χ3n) is 6.01. The van der Waals surface area contributed by atoms with Crippen molar-refractivity contribution in [2.45, 2.75) is 30.2 Å². The molecule has 1 aliphatic rings. The highest BCUT2D eigenvalue weighted by atomic mass is 32.2. The number of amides is 1. The van der Waals surface area contributed by atoms with E-state index in [0.717, 1.165) is 13.1 Å². The number of carbonyl (C=O) groups excluding carboxylic acids is 1. The summed E-state index contributed by atoms with van der Waals surface area (Å²) in [5, 5.41) is 22.1. The highest BCUT2D eigenvalue weighted by molar-refractivity contribution is 7.89. The van der Waals surface area contributed by atoms with Crippen molar-refractivity contribution < 1.29 is 27.9 Å². The third kappa shape index (κ3) is 9.56. The number of carbonyl (C=O) groups is 1. The van der Waals surface area contributed by atoms with Gasteiger partial charge < -0.3 is 15.2 Å². The van der Waals surface area contributed by atoms with Crippen molar-refractivity contribution in [3.05, 3.63) is 54.6 Å². The van der Waals surface area contributed by atoms with E-state index in [1.54, 1.807) is 18.3 Å². The Balaban J connectivity index is 1.71. The van der Waals surface area contributed by atoms with E-state index >= 15 is 0 Å². The molecule has 5 N–H and O–H groups in total. The van der Waals surface area contributed by atoms with E-state index in [0.29, 0.717) is 50.6 Å². The lowest BCUT2D eigenvalue weighted by atomic mass is 10.1. The van der Waals surface area contributed by atoms with Gasteiger partial charge in [-0.3, -0.25) is 20.2 Å². The van der Waals surface area contributed by atoms with Crippen molar-refractivity contribution in [2.24, 2.45) is 10.7 Å². The van der Waals surface area contributed by atoms with E-state index in [-0.39, 0.29) is 22.9 Å². The number of guanidine groups is 1. The Hall–Kier alpha value is -3.58. The van der Waals surface area contributed by atoms with Crippen LogP contribution in [-0.4, -0.2) is 87.4 Å². The Bertz CT molecular complexity index is 1250. The monoisotopic (exact) mass is 573 g/mol. The van der Waals surface area contributed by atoms with Gasteiger partial charge in [0.05, 0.1) is 24.7 Å². The number of nitrogens with zero attached hydrogens (tertiary/aromatic N) is 4. The molecule has 40 heavy (non-hydrogen) atoms. The molecular formula is C26H35N7O6S. The van der Waals surface area contributed by atoms with Crippen LogP contribution < -0.4 is 20.5 Å². The zero-order chi connectivity index (χ0) is 28.8. The van der Waals surface area contributed by atoms with Gasteiger partial charge in [0.15, 0.2) is 6.19 Å². The Kier molecular flexibility index (Phi) is 12.3. The number of benzene rings is 2. The number of aliphatic imine (C=N–C) groups is 1. The lowest BCUT2D eigenvalue weighted by Gasteiger charge is -2.26. The summed E-state index contributed by atoms with van der Waals surface area (Å²) in [6.07, 6.45) is 2.67. The molecule has 0 bridgehead atoms. The summed E-state index contributed by atoms with van der Waals surface area (Å²) < 4.78 is 39.7. The number of sulfonamides is 1. The largest absolute Gasteiger partial charge is 0.457 e. The van der Waals surface area contributed by atoms with Gasteiger partial charge in [0.1, 0.15) is 17.5 Å². The Morgan fingerprint density at radius 2 is 1.82 bits per heavy atom. The topological polar surface area (TPSA) is 183 Å². The van der Waals surface area contributed by atoms with Crippen molar-refractivity contribution in [1.82, 2.24) is 20.0 Å². The van der Waals surface area contributed by atoms with Crippen LogP contribution in [0.3, 0.4) is 0 Å². The van der Waals surface area contributed by atoms with Gasteiger partial charge >= 0.3 is 0 Å². The molecule has 2 aromatic carbocycles. The van der Waals surface area contributed by atoms with Gasteiger partial charge in [0, 0.05) is 19.6 Å². The fourth-order valence-electron chi connectivity index (χ4n) is 3.88. The molecule has 1 saturated heterocycles. The maximum Gasteiger partial charge on any atom is 0.271 e. The lowest BCUT2D eigenvalue weighted by molar-refractivity contribution is -0.151. The van der Waals surface area contributed by atoms with Gasteiger partial charge in [0.25, 0.3) is 5.91 Å². The first-order chi connectivity index (χ1) is 19.3. The number of hydrogen-bond donors (Lipinski definition) is 4. The van der Waals surface area contributed by atoms with Gasteiger partial charge in [-0.2, -0.15) is 15.0 Å². The van der Waals surface area contributed by atoms with Gasteiger partial charge in [-0.25, -0.2) is 13.4 Å². The van der Waals surface area contributed by atoms with E-state index < -0.39 is 27.9 Å². The smallest absolute Gasteiger partial charge is 0.271 e. The predicted octanol–water partition coefficient (Wildman–Crippen LogP) is 1.23. The molecule has 1 fully saturated rings. The van der Waals surface area contributed by atoms with E-state index in [1.807, 2.05) is 18.2 Å². The molecule has 0 aromatic heterocycles. The summed E-state index contributed by atoms with van der Waals surface area (Å²) in [6.45, 7) is 3.72. The molecule has 14 heteroatoms. The number of nitriles is 1. The fourth-order valence-corrected chi connectivity index (χ4v) is 5.10. The molecule has 1 aliphatic heterocycles. The molecule has 0 aliphatic carbocycles. The van der Waals surface area contributed by atoms with E-state index in [1.165, 1.54) is 24.3 Å². The second-order valence-corrected chi connectivity index (χ2v) is 10.6. The number of ether oxygens (including phenoxy) is 2. The highest BCUT2D eigenvalue weighted by Gasteiger charge is 2.31. The van der Waals surface area contributed by atoms with Crippen molar-refractivity contribution >= 4 is 21.9 Å². The van der Waals surface area contributed by atoms with Gasteiger partial charge in [-0.05, 0) is 55.8 Å². The van der Waals surface area contributed by atoms with Crippen LogP contribution >= 0.6 is 0 Å². The quantitative estimate of drug-likeness (QED) is 0.0517. The summed E-state index contributed by atoms with van der Waals surface area (Å²) in [6, 6.07) is 13.4. The Morgan fingerprint density at radius 1 is 1.15 bits per heavy atom. The van der Waals surface area contributed by atoms with Crippen molar-refractivity contribution in [2.75, 3.05) is 45.9 Å². The lowest BCUT2D eigenvalue weighted by Crippen LogP contribution is -2.52. The van der Waals surface area contributed by atoms with Crippen LogP contribution in [0.25, 0.3) is 0 Å². The summed E-state index contributed by atoms with van der Waals surface area (Å²) in [7, 11) is -4.17. The maximum absolute atomic E-state index is 13.2. The standard InChI is InChI=1S/C26H35N7O6S/c27-13-5-4-8-24(25(34)33(35)26(30-20-28)29-14-15-32-16-18-38-19-17-32)31-40(36,37)23-11-9-22(10-12-23)39-21-6-2-1-3-7-21/h1-3,6-7,9-12,24,31,35H,4-5,8,13-19,27H2,(H,29,30)/t24-/m1/s1. The van der Waals surface area contributed by atoms with E-state index in [4.69, 9.17) is 20.5 Å². The molecular weight excluding hydrogens is 538 g/mol. The number of morpholine rings is 1. The van der Waals surface area contributed by atoms with Crippen LogP contribution in [0.4, 0.5) is 0 Å². The minimum atomic E-state index is -4.17. The number of hydrogen-bond acceptors (Lipinski definition) is 10. The van der Waals surface area contributed by atoms with Gasteiger partial charge in [-0.15, -0.1) is 0 Å². The zero-order valence-corrected chi connectivity index (χ0v) is 22.9. The van der Waals surface area contributed by atoms with Gasteiger partial charge in [0.2, 0.25) is 16.0 Å². The molecule has 0 unspecified atom stereocenters. The van der Waals surface area contributed by atoms with Crippen LogP contribution in [0.5, 0.6) is 11.5 Å². The summed E-state index contributed by atoms with van der Waals surface area (Å²) >= 11 is 0. The molecule has 1 atom stereocenters. The number of unbranched alkanes of at least 4 members (excludes halogenated alkanes) is 1. The van der Waals surface area contributed by atoms with E-state index in [9.17, 15) is 18.4 Å². The van der Waals surface area contributed by atoms with E-state index in [2.05, 4.69) is 19.9 Å². The average Bonchev–Trinajstić information content (AvgIpc) is 2.97. The van der Waals surface area contributed by atoms with Crippen molar-refractivity contribution in [1.29, 1.82) is 5.26 Å². The first kappa shape index (κ1) is 31.0. The number of rotatable bonds is 13. The number of hydroxylamine groups is 2. The number of nitrogens with one attached hydrogen (secondary N) is 2. The first-order valence-electron chi connectivity index (χ1n) is 12.9. The van der Waals surface area contributed by atoms with Gasteiger partial charge in [-0.1, -0.05) is 24.6 Å². The molecule has 216 valence electrons. The van der Waals surface area contributed by atoms with Crippen molar-refractivity contribution in [3.8, 4) is 17.7 Å². The Labute approximate surface area is 234 Å². The van der Waals surface area contributed by atoms with Crippen LogP contribution in [0.15, 0.2) is 64.5 Å². The zero-order valence-electron chi connectivity index (χ0n) is 22.1. The second kappa shape index (κ2) is 15.9.